The molecule has 0 bridgehead atoms. The Morgan fingerprint density at radius 3 is 2.67 bits per heavy atom. The highest BCUT2D eigenvalue weighted by Gasteiger charge is 2.37. The molecule has 1 saturated heterocycles. The zero-order valence-corrected chi connectivity index (χ0v) is 9.85. The van der Waals surface area contributed by atoms with E-state index < -0.39 is 5.00 Å². The molecular weight excluding hydrogens is 231 g/mol. The van der Waals surface area contributed by atoms with Crippen molar-refractivity contribution >= 4 is 23.2 Å². The van der Waals surface area contributed by atoms with Crippen molar-refractivity contribution in [1.82, 2.24) is 10.6 Å². The van der Waals surface area contributed by atoms with Crippen LogP contribution in [-0.4, -0.2) is 23.6 Å². The van der Waals surface area contributed by atoms with E-state index in [-0.39, 0.29) is 5.50 Å². The molecule has 0 spiro atoms. The summed E-state index contributed by atoms with van der Waals surface area (Å²) < 4.78 is 0. The molecule has 1 aliphatic rings. The van der Waals surface area contributed by atoms with Crippen LogP contribution in [0.3, 0.4) is 0 Å². The number of nitrogens with one attached hydrogen (secondary N) is 2. The highest BCUT2D eigenvalue weighted by molar-refractivity contribution is 6.32. The zero-order valence-electron chi connectivity index (χ0n) is 8.34. The predicted molar refractivity (Wildman–Crippen MR) is 64.4 cm³/mol. The third kappa shape index (κ3) is 2.64. The third-order valence-electron chi connectivity index (χ3n) is 2.57. The fraction of sp³-hybridized carbons (Fsp3) is 0.455. The van der Waals surface area contributed by atoms with Crippen molar-refractivity contribution in [3.8, 4) is 0 Å². The number of rotatable bonds is 2. The van der Waals surface area contributed by atoms with Gasteiger partial charge in [-0.1, -0.05) is 41.9 Å². The maximum Gasteiger partial charge on any atom is 0.127 e. The van der Waals surface area contributed by atoms with E-state index in [0.29, 0.717) is 0 Å². The minimum atomic E-state index is -0.582. The van der Waals surface area contributed by atoms with E-state index in [1.807, 2.05) is 18.2 Å². The van der Waals surface area contributed by atoms with Gasteiger partial charge >= 0.3 is 0 Å². The van der Waals surface area contributed by atoms with Crippen LogP contribution in [-0.2, 0) is 6.42 Å². The van der Waals surface area contributed by atoms with Crippen LogP contribution in [0.4, 0.5) is 0 Å². The summed E-state index contributed by atoms with van der Waals surface area (Å²) in [5.41, 5.74) is 0.947. The van der Waals surface area contributed by atoms with Crippen LogP contribution in [0.1, 0.15) is 5.56 Å². The third-order valence-corrected chi connectivity index (χ3v) is 3.70. The van der Waals surface area contributed by atoms with Crippen molar-refractivity contribution in [3.05, 3.63) is 35.9 Å². The van der Waals surface area contributed by atoms with Gasteiger partial charge in [0.2, 0.25) is 0 Å². The monoisotopic (exact) mass is 244 g/mol. The number of piperazine rings is 1. The molecule has 2 rings (SSSR count). The highest BCUT2D eigenvalue weighted by atomic mass is 35.5. The second kappa shape index (κ2) is 4.71. The Kier molecular flexibility index (Phi) is 3.52. The summed E-state index contributed by atoms with van der Waals surface area (Å²) in [7, 11) is 0. The maximum absolute atomic E-state index is 6.45. The number of hydrogen-bond donors (Lipinski definition) is 2. The van der Waals surface area contributed by atoms with E-state index in [0.717, 1.165) is 19.5 Å². The van der Waals surface area contributed by atoms with Crippen molar-refractivity contribution in [2.24, 2.45) is 0 Å². The van der Waals surface area contributed by atoms with Crippen molar-refractivity contribution in [3.63, 3.8) is 0 Å². The molecule has 1 aromatic carbocycles. The molecule has 1 heterocycles. The normalized spacial score (nSPS) is 31.5. The summed E-state index contributed by atoms with van der Waals surface area (Å²) in [6.45, 7) is 1.71. The van der Waals surface area contributed by atoms with Crippen LogP contribution >= 0.6 is 23.2 Å². The first kappa shape index (κ1) is 11.2. The van der Waals surface area contributed by atoms with Crippen LogP contribution < -0.4 is 10.6 Å². The molecule has 0 aliphatic carbocycles. The van der Waals surface area contributed by atoms with Crippen molar-refractivity contribution in [2.75, 3.05) is 13.1 Å². The lowest BCUT2D eigenvalue weighted by atomic mass is 10.0. The molecule has 0 saturated carbocycles. The Labute approximate surface area is 100.0 Å². The van der Waals surface area contributed by atoms with Crippen LogP contribution in [0.25, 0.3) is 0 Å². The molecule has 2 N–H and O–H groups in total. The molecular formula is C11H14Cl2N2. The number of halogens is 2. The van der Waals surface area contributed by atoms with Gasteiger partial charge in [-0.15, -0.1) is 11.6 Å². The SMILES string of the molecule is ClC1NCCNC1(Cl)Cc1ccccc1. The predicted octanol–water partition coefficient (Wildman–Crippen LogP) is 1.92. The zero-order chi connectivity index (χ0) is 10.7. The Hall–Kier alpha value is -0.280. The molecule has 2 nitrogen and oxygen atoms in total. The largest absolute Gasteiger partial charge is 0.297 e. The lowest BCUT2D eigenvalue weighted by molar-refractivity contribution is 0.343. The Morgan fingerprint density at radius 2 is 2.00 bits per heavy atom. The van der Waals surface area contributed by atoms with Crippen LogP contribution in [0.15, 0.2) is 30.3 Å². The Balaban J connectivity index is 2.09. The fourth-order valence-electron chi connectivity index (χ4n) is 1.77. The topological polar surface area (TPSA) is 24.1 Å². The van der Waals surface area contributed by atoms with Gasteiger partial charge in [0, 0.05) is 19.5 Å². The van der Waals surface area contributed by atoms with Gasteiger partial charge in [-0.3, -0.25) is 10.6 Å². The minimum absolute atomic E-state index is 0.242. The van der Waals surface area contributed by atoms with E-state index in [4.69, 9.17) is 23.2 Å². The van der Waals surface area contributed by atoms with Gasteiger partial charge in [0.15, 0.2) is 0 Å². The van der Waals surface area contributed by atoms with Gasteiger partial charge in [0.05, 0.1) is 0 Å². The summed E-state index contributed by atoms with van der Waals surface area (Å²) >= 11 is 12.6. The Bertz CT molecular complexity index is 318. The van der Waals surface area contributed by atoms with Crippen LogP contribution in [0.2, 0.25) is 0 Å². The van der Waals surface area contributed by atoms with E-state index in [1.165, 1.54) is 5.56 Å². The smallest absolute Gasteiger partial charge is 0.127 e. The quantitative estimate of drug-likeness (QED) is 0.614. The van der Waals surface area contributed by atoms with Gasteiger partial charge in [0.1, 0.15) is 10.5 Å². The van der Waals surface area contributed by atoms with E-state index >= 15 is 0 Å². The summed E-state index contributed by atoms with van der Waals surface area (Å²) in [6, 6.07) is 10.1. The molecule has 2 atom stereocenters. The molecule has 0 amide bonds. The summed E-state index contributed by atoms with van der Waals surface area (Å²) in [4.78, 5) is -0.582. The van der Waals surface area contributed by atoms with Gasteiger partial charge in [-0.05, 0) is 5.56 Å². The van der Waals surface area contributed by atoms with Gasteiger partial charge in [-0.25, -0.2) is 0 Å². The van der Waals surface area contributed by atoms with Crippen LogP contribution in [0.5, 0.6) is 0 Å². The molecule has 0 aromatic heterocycles. The number of hydrogen-bond acceptors (Lipinski definition) is 2. The summed E-state index contributed by atoms with van der Waals surface area (Å²) in [6.07, 6.45) is 0.719. The molecule has 82 valence electrons. The molecule has 4 heteroatoms. The van der Waals surface area contributed by atoms with Crippen molar-refractivity contribution < 1.29 is 0 Å². The second-order valence-corrected chi connectivity index (χ2v) is 4.88. The van der Waals surface area contributed by atoms with Crippen molar-refractivity contribution in [1.29, 1.82) is 0 Å². The van der Waals surface area contributed by atoms with E-state index in [2.05, 4.69) is 22.8 Å². The van der Waals surface area contributed by atoms with Gasteiger partial charge < -0.3 is 0 Å². The first-order valence-electron chi connectivity index (χ1n) is 5.06. The lowest BCUT2D eigenvalue weighted by Gasteiger charge is -2.37. The number of alkyl halides is 2. The maximum atomic E-state index is 6.45. The molecule has 0 radical (unpaired) electrons. The van der Waals surface area contributed by atoms with E-state index in [1.54, 1.807) is 0 Å². The minimum Gasteiger partial charge on any atom is -0.297 e. The molecule has 15 heavy (non-hydrogen) atoms. The van der Waals surface area contributed by atoms with Crippen molar-refractivity contribution in [2.45, 2.75) is 16.9 Å². The molecule has 1 fully saturated rings. The molecule has 1 aliphatic heterocycles. The number of benzene rings is 1. The van der Waals surface area contributed by atoms with Gasteiger partial charge in [0.25, 0.3) is 0 Å². The lowest BCUT2D eigenvalue weighted by Crippen LogP contribution is -2.61. The standard InChI is InChI=1S/C11H14Cl2N2/c12-10-11(13,15-7-6-14-10)8-9-4-2-1-3-5-9/h1-5,10,14-15H,6-8H2. The first-order valence-corrected chi connectivity index (χ1v) is 5.87. The summed E-state index contributed by atoms with van der Waals surface area (Å²) in [5, 5.41) is 6.43. The molecule has 2 unspecified atom stereocenters. The van der Waals surface area contributed by atoms with Crippen LogP contribution in [0, 0.1) is 0 Å². The average Bonchev–Trinajstić information content (AvgIpc) is 2.24. The molecule has 1 aromatic rings. The highest BCUT2D eigenvalue weighted by Crippen LogP contribution is 2.26. The first-order chi connectivity index (χ1) is 7.21. The summed E-state index contributed by atoms with van der Waals surface area (Å²) in [5.74, 6) is 0. The van der Waals surface area contributed by atoms with E-state index in [9.17, 15) is 0 Å². The average molecular weight is 245 g/mol. The van der Waals surface area contributed by atoms with Gasteiger partial charge in [-0.2, -0.15) is 0 Å². The fourth-order valence-corrected chi connectivity index (χ4v) is 2.35. The Morgan fingerprint density at radius 1 is 1.27 bits per heavy atom. The second-order valence-electron chi connectivity index (χ2n) is 3.77.